The average Bonchev–Trinajstić information content (AvgIpc) is 2.39. The molecule has 1 unspecified atom stereocenters. The third-order valence-corrected chi connectivity index (χ3v) is 3.37. The van der Waals surface area contributed by atoms with Crippen LogP contribution in [0.15, 0.2) is 48.5 Å². The molecule has 19 heavy (non-hydrogen) atoms. The summed E-state index contributed by atoms with van der Waals surface area (Å²) in [5.74, 6) is -0.759. The lowest BCUT2D eigenvalue weighted by Gasteiger charge is -2.13. The van der Waals surface area contributed by atoms with Gasteiger partial charge in [0.2, 0.25) is 5.24 Å². The van der Waals surface area contributed by atoms with E-state index in [4.69, 9.17) is 11.6 Å². The Morgan fingerprint density at radius 3 is 2.21 bits per heavy atom. The summed E-state index contributed by atoms with van der Waals surface area (Å²) in [6.07, 6.45) is 0.522. The molecular weight excluding hydrogens is 263 g/mol. The van der Waals surface area contributed by atoms with Gasteiger partial charge in [0.25, 0.3) is 0 Å². The van der Waals surface area contributed by atoms with E-state index in [1.54, 1.807) is 12.1 Å². The molecule has 2 aromatic rings. The van der Waals surface area contributed by atoms with Gasteiger partial charge in [-0.25, -0.2) is 4.39 Å². The smallest absolute Gasteiger partial charge is 0.229 e. The molecule has 0 fully saturated rings. The maximum atomic E-state index is 12.9. The highest BCUT2D eigenvalue weighted by Gasteiger charge is 2.19. The van der Waals surface area contributed by atoms with E-state index in [2.05, 4.69) is 0 Å². The molecule has 0 aromatic heterocycles. The van der Waals surface area contributed by atoms with Crippen LogP contribution in [0.3, 0.4) is 0 Å². The molecule has 0 aliphatic heterocycles. The molecule has 0 saturated heterocycles. The molecule has 1 nitrogen and oxygen atoms in total. The van der Waals surface area contributed by atoms with E-state index in [1.807, 2.05) is 31.2 Å². The number of halogens is 2. The Hall–Kier alpha value is -1.67. The van der Waals surface area contributed by atoms with Crippen molar-refractivity contribution in [2.24, 2.45) is 0 Å². The van der Waals surface area contributed by atoms with Crippen LogP contribution in [-0.4, -0.2) is 5.24 Å². The van der Waals surface area contributed by atoms with Gasteiger partial charge < -0.3 is 0 Å². The minimum Gasteiger partial charge on any atom is -0.281 e. The van der Waals surface area contributed by atoms with Crippen LogP contribution in [0.25, 0.3) is 0 Å². The predicted octanol–water partition coefficient (Wildman–Crippen LogP) is 4.23. The quantitative estimate of drug-likeness (QED) is 0.764. The zero-order valence-electron chi connectivity index (χ0n) is 10.6. The number of aryl methyl sites for hydroxylation is 1. The first-order valence-electron chi connectivity index (χ1n) is 6.06. The normalized spacial score (nSPS) is 12.2. The third-order valence-electron chi connectivity index (χ3n) is 3.11. The van der Waals surface area contributed by atoms with Crippen molar-refractivity contribution in [2.75, 3.05) is 0 Å². The number of hydrogen-bond acceptors (Lipinski definition) is 1. The van der Waals surface area contributed by atoms with Gasteiger partial charge in [-0.15, -0.1) is 0 Å². The molecule has 2 aromatic carbocycles. The van der Waals surface area contributed by atoms with E-state index in [-0.39, 0.29) is 5.82 Å². The van der Waals surface area contributed by atoms with Crippen LogP contribution in [-0.2, 0) is 11.2 Å². The molecule has 0 spiro atoms. The van der Waals surface area contributed by atoms with Gasteiger partial charge in [-0.05, 0) is 48.2 Å². The van der Waals surface area contributed by atoms with Gasteiger partial charge in [-0.3, -0.25) is 4.79 Å². The molecule has 0 aliphatic rings. The Labute approximate surface area is 117 Å². The fourth-order valence-corrected chi connectivity index (χ4v) is 2.19. The van der Waals surface area contributed by atoms with E-state index < -0.39 is 11.2 Å². The van der Waals surface area contributed by atoms with E-state index in [0.717, 1.165) is 11.1 Å². The van der Waals surface area contributed by atoms with Crippen LogP contribution in [0.5, 0.6) is 0 Å². The van der Waals surface area contributed by atoms with Crippen molar-refractivity contribution in [2.45, 2.75) is 19.3 Å². The number of benzene rings is 2. The summed E-state index contributed by atoms with van der Waals surface area (Å²) in [7, 11) is 0. The summed E-state index contributed by atoms with van der Waals surface area (Å²) in [4.78, 5) is 11.6. The molecule has 0 heterocycles. The maximum absolute atomic E-state index is 12.9. The molecule has 0 saturated carbocycles. The lowest BCUT2D eigenvalue weighted by molar-refractivity contribution is -0.113. The zero-order valence-corrected chi connectivity index (χ0v) is 11.3. The van der Waals surface area contributed by atoms with Gasteiger partial charge in [0.1, 0.15) is 5.82 Å². The standard InChI is InChI=1S/C16H14ClFO/c1-11-2-4-12(5-3-11)10-15(16(17)19)13-6-8-14(18)9-7-13/h2-9,15H,10H2,1H3. The molecule has 1 atom stereocenters. The number of rotatable bonds is 4. The highest BCUT2D eigenvalue weighted by molar-refractivity contribution is 6.64. The van der Waals surface area contributed by atoms with Crippen molar-refractivity contribution in [3.8, 4) is 0 Å². The topological polar surface area (TPSA) is 17.1 Å². The summed E-state index contributed by atoms with van der Waals surface area (Å²) in [6, 6.07) is 13.8. The first-order valence-corrected chi connectivity index (χ1v) is 6.44. The number of hydrogen-bond donors (Lipinski definition) is 0. The van der Waals surface area contributed by atoms with Gasteiger partial charge in [-0.1, -0.05) is 42.0 Å². The zero-order chi connectivity index (χ0) is 13.8. The first kappa shape index (κ1) is 13.8. The highest BCUT2D eigenvalue weighted by atomic mass is 35.5. The number of carbonyl (C=O) groups excluding carboxylic acids is 1. The maximum Gasteiger partial charge on any atom is 0.229 e. The van der Waals surface area contributed by atoms with E-state index in [0.29, 0.717) is 6.42 Å². The second-order valence-electron chi connectivity index (χ2n) is 4.60. The third kappa shape index (κ3) is 3.65. The van der Waals surface area contributed by atoms with Gasteiger partial charge in [0.05, 0.1) is 5.92 Å². The predicted molar refractivity (Wildman–Crippen MR) is 74.9 cm³/mol. The van der Waals surface area contributed by atoms with Gasteiger partial charge in [0.15, 0.2) is 0 Å². The molecule has 0 aliphatic carbocycles. The summed E-state index contributed by atoms with van der Waals surface area (Å²) >= 11 is 5.67. The van der Waals surface area contributed by atoms with Crippen molar-refractivity contribution >= 4 is 16.8 Å². The minimum atomic E-state index is -0.440. The van der Waals surface area contributed by atoms with E-state index in [1.165, 1.54) is 17.7 Å². The van der Waals surface area contributed by atoms with Gasteiger partial charge in [-0.2, -0.15) is 0 Å². The van der Waals surface area contributed by atoms with Crippen LogP contribution in [0.4, 0.5) is 4.39 Å². The van der Waals surface area contributed by atoms with Crippen LogP contribution in [0.1, 0.15) is 22.6 Å². The van der Waals surface area contributed by atoms with Gasteiger partial charge in [0, 0.05) is 0 Å². The highest BCUT2D eigenvalue weighted by Crippen LogP contribution is 2.24. The summed E-state index contributed by atoms with van der Waals surface area (Å²) in [5.41, 5.74) is 2.94. The van der Waals surface area contributed by atoms with Crippen LogP contribution >= 0.6 is 11.6 Å². The fraction of sp³-hybridized carbons (Fsp3) is 0.188. The molecule has 0 N–H and O–H groups in total. The average molecular weight is 277 g/mol. The van der Waals surface area contributed by atoms with Crippen molar-refractivity contribution in [1.29, 1.82) is 0 Å². The Kier molecular flexibility index (Phi) is 4.33. The second-order valence-corrected chi connectivity index (χ2v) is 4.97. The Morgan fingerprint density at radius 2 is 1.68 bits per heavy atom. The molecule has 98 valence electrons. The van der Waals surface area contributed by atoms with Crippen molar-refractivity contribution in [1.82, 2.24) is 0 Å². The molecule has 0 bridgehead atoms. The lowest BCUT2D eigenvalue weighted by Crippen LogP contribution is -2.10. The Balaban J connectivity index is 2.23. The minimum absolute atomic E-state index is 0.320. The SMILES string of the molecule is Cc1ccc(CC(C(=O)Cl)c2ccc(F)cc2)cc1. The molecule has 0 amide bonds. The van der Waals surface area contributed by atoms with Crippen molar-refractivity contribution < 1.29 is 9.18 Å². The molecule has 0 radical (unpaired) electrons. The largest absolute Gasteiger partial charge is 0.281 e. The van der Waals surface area contributed by atoms with E-state index in [9.17, 15) is 9.18 Å². The number of carbonyl (C=O) groups is 1. The molecule has 3 heteroatoms. The van der Waals surface area contributed by atoms with Gasteiger partial charge >= 0.3 is 0 Å². The molecule has 2 rings (SSSR count). The lowest BCUT2D eigenvalue weighted by atomic mass is 9.93. The Bertz CT molecular complexity index is 560. The summed E-state index contributed by atoms with van der Waals surface area (Å²) in [5, 5.41) is -0.424. The summed E-state index contributed by atoms with van der Waals surface area (Å²) in [6.45, 7) is 2.01. The summed E-state index contributed by atoms with van der Waals surface area (Å²) < 4.78 is 12.9. The van der Waals surface area contributed by atoms with E-state index >= 15 is 0 Å². The van der Waals surface area contributed by atoms with Crippen LogP contribution in [0, 0.1) is 12.7 Å². The molecular formula is C16H14ClFO. The van der Waals surface area contributed by atoms with Crippen molar-refractivity contribution in [3.63, 3.8) is 0 Å². The van der Waals surface area contributed by atoms with Crippen LogP contribution in [0.2, 0.25) is 0 Å². The Morgan fingerprint density at radius 1 is 1.11 bits per heavy atom. The van der Waals surface area contributed by atoms with Crippen molar-refractivity contribution in [3.05, 3.63) is 71.0 Å². The second kappa shape index (κ2) is 5.98. The van der Waals surface area contributed by atoms with Crippen LogP contribution < -0.4 is 0 Å². The fourth-order valence-electron chi connectivity index (χ4n) is 1.98. The first-order chi connectivity index (χ1) is 9.06. The monoisotopic (exact) mass is 276 g/mol.